The van der Waals surface area contributed by atoms with Gasteiger partial charge in [-0.3, -0.25) is 57.4 Å². The second-order valence-electron chi connectivity index (χ2n) is 42.9. The minimum absolute atomic E-state index is 0.000669. The number of carboxylic acids is 1. The van der Waals surface area contributed by atoms with Crippen molar-refractivity contribution in [2.24, 2.45) is 93.7 Å². The zero-order chi connectivity index (χ0) is 98.9. The number of allylic oxidation sites excluding steroid dienone is 6. The average molecular weight is 1880 g/mol. The number of methoxy groups -OCH3 is 1. The lowest BCUT2D eigenvalue weighted by atomic mass is 9.82. The Morgan fingerprint density at radius 2 is 1.02 bits per heavy atom. The Balaban J connectivity index is 0.000000282. The first-order valence-electron chi connectivity index (χ1n) is 47.7. The molecule has 5 heterocycles. The number of carbonyl (C=O) groups is 12. The highest BCUT2D eigenvalue weighted by Gasteiger charge is 2.65. The maximum atomic E-state index is 14.1. The van der Waals surface area contributed by atoms with Crippen molar-refractivity contribution in [1.82, 2.24) is 29.0 Å². The molecule has 4 saturated carbocycles. The highest BCUT2D eigenvalue weighted by atomic mass is 32.2. The summed E-state index contributed by atoms with van der Waals surface area (Å²) in [5, 5.41) is 49.9. The van der Waals surface area contributed by atoms with Crippen molar-refractivity contribution in [2.45, 2.75) is 361 Å². The molecule has 7 N–H and O–H groups in total. The molecule has 32 heteroatoms. The predicted octanol–water partition coefficient (Wildman–Crippen LogP) is 12.0. The molecular formula is C99H160N6O24S2. The number of nitrogens with zero attached hydrogens (tertiary/aromatic N) is 4. The lowest BCUT2D eigenvalue weighted by Crippen LogP contribution is -2.48. The van der Waals surface area contributed by atoms with Gasteiger partial charge in [0, 0.05) is 76.5 Å². The van der Waals surface area contributed by atoms with Crippen LogP contribution in [0.5, 0.6) is 0 Å². The van der Waals surface area contributed by atoms with E-state index in [0.717, 1.165) is 64.2 Å². The highest BCUT2D eigenvalue weighted by molar-refractivity contribution is 7.92. The number of aliphatic hydroxyl groups is 4. The monoisotopic (exact) mass is 1880 g/mol. The summed E-state index contributed by atoms with van der Waals surface area (Å²) in [5.41, 5.74) is -3.95. The molecule has 9 rings (SSSR count). The lowest BCUT2D eigenvalue weighted by molar-refractivity contribution is -0.160. The summed E-state index contributed by atoms with van der Waals surface area (Å²) in [5.74, 6) is -6.81. The molecule has 8 fully saturated rings. The van der Waals surface area contributed by atoms with Crippen LogP contribution in [0.25, 0.3) is 0 Å². The fourth-order valence-electron chi connectivity index (χ4n) is 19.4. The van der Waals surface area contributed by atoms with E-state index in [2.05, 4.69) is 70.4 Å². The first-order chi connectivity index (χ1) is 60.7. The van der Waals surface area contributed by atoms with Crippen LogP contribution in [0, 0.1) is 93.7 Å². The minimum Gasteiger partial charge on any atom is -0.480 e. The SMILES string of the molecule is C=CCCC(C)C[C@@H](C)[C@H](C)C(=O)N1C[C@H](O)C[C@H]1C(=O)O.C=CCCC(C)C[C@@H](C)[C@H](C)C(=O)N1C[C@H](O)C[C@H]1C(=O)OC.C=CCCC(C)C[C@@H](C)[C@H](CC(=O)OC(C)(C)C)C(=O)N1C[C@H](O)C[C@H]1C(=O)C[C@]1(C(=O)NS(=O)(=O)C2(C)CC2)C[C@H]1C=C.CC1CC/C=C\[C@@H]2C[C@@]2(C(=O)NS(=O)(=O)C2(C)CC2)CC(=O)[C@@H]2C[C@@H](O)CN2C(=O)[C@@H](CC(=O)OC(C)(C)C)[C@H](C)C1. The van der Waals surface area contributed by atoms with Crippen LogP contribution in [-0.4, -0.2) is 235 Å². The number of sulfonamides is 2. The number of esters is 3. The van der Waals surface area contributed by atoms with Crippen LogP contribution in [0.4, 0.5) is 0 Å². The number of hydrogen-bond acceptors (Lipinski definition) is 23. The third-order valence-corrected chi connectivity index (χ3v) is 33.2. The number of β-amino-alcohol motifs (C(OH)–C–C–N with tert-alkyl or cyclic N) is 3. The van der Waals surface area contributed by atoms with Crippen molar-refractivity contribution in [3.05, 3.63) is 62.8 Å². The molecule has 4 saturated heterocycles. The van der Waals surface area contributed by atoms with Crippen LogP contribution in [0.1, 0.15) is 292 Å². The standard InChI is InChI=1S/C33H52N2O8S.C31H48N2O8S.C18H31NO4.C17H29NO4/c1-9-11-12-21(3)15-22(4)25(17-28(38)43-31(5,6)7)29(39)35-20-24(36)16-26(35)27(37)19-33(18-23(33)10-2)30(40)34-44(41,42)32(8)13-14-32;1-19-9-7-8-10-21-16-31(21,28(38)32-42(39,40)30(6)11-12-30)17-25(35)24-14-22(34)18-33(24)27(37)23(20(2)13-19)15-26(36)41-29(3,4)5;1-6-7-8-12(2)9-13(3)14(4)17(21)19-11-15(20)10-16(19)18(22)23-5;1-5-6-7-11(2)8-12(3)13(4)16(20)18-10-14(19)9-15(18)17(21)22/h9-10,21-26,36H,1-2,11-20H2,3-8H3,(H,34,40);8,10,19-24,34H,7,9,11-18H2,1-6H3,(H,32,38);6,12-16,20H,1,7-11H2,2-5H3;5,11-15,19H,1,6-10H2,2-4H3,(H,21,22)/b;10-8-;;/t21?,22-,23-,24-,25+,26+,33-;19?,20-,21-,22-,23+,24+,31-;12?,13-,14+,15-,16+;11?,12-,13+,14-,15+/m1111/s1. The van der Waals surface area contributed by atoms with Gasteiger partial charge in [0.1, 0.15) is 23.3 Å². The number of carbonyl (C=O) groups excluding carboxylic acids is 11. The van der Waals surface area contributed by atoms with Gasteiger partial charge in [0.05, 0.1) is 88.6 Å². The number of ketones is 2. The Bertz CT molecular complexity index is 4320. The van der Waals surface area contributed by atoms with Crippen molar-refractivity contribution in [3.63, 3.8) is 0 Å². The van der Waals surface area contributed by atoms with E-state index in [0.29, 0.717) is 56.8 Å². The van der Waals surface area contributed by atoms with Crippen LogP contribution in [0.3, 0.4) is 0 Å². The third kappa shape index (κ3) is 31.0. The van der Waals surface area contributed by atoms with Gasteiger partial charge >= 0.3 is 23.9 Å². The predicted molar refractivity (Wildman–Crippen MR) is 499 cm³/mol. The third-order valence-electron chi connectivity index (χ3n) is 28.8. The second kappa shape index (κ2) is 47.3. The number of amides is 6. The molecule has 131 heavy (non-hydrogen) atoms. The number of aliphatic hydroxyl groups excluding tert-OH is 4. The molecule has 4 aliphatic carbocycles. The van der Waals surface area contributed by atoms with Gasteiger partial charge in [-0.15, -0.1) is 26.3 Å². The van der Waals surface area contributed by atoms with Gasteiger partial charge in [0.2, 0.25) is 55.5 Å². The normalized spacial score (nSPS) is 29.6. The van der Waals surface area contributed by atoms with E-state index >= 15 is 0 Å². The summed E-state index contributed by atoms with van der Waals surface area (Å²) >= 11 is 0. The van der Waals surface area contributed by atoms with E-state index in [1.807, 2.05) is 65.0 Å². The van der Waals surface area contributed by atoms with Crippen LogP contribution in [0.15, 0.2) is 62.8 Å². The summed E-state index contributed by atoms with van der Waals surface area (Å²) in [4.78, 5) is 163. The van der Waals surface area contributed by atoms with Gasteiger partial charge in [-0.2, -0.15) is 0 Å². The Kier molecular flexibility index (Phi) is 40.5. The molecular weight excluding hydrogens is 1720 g/mol. The number of nitrogens with one attached hydrogen (secondary N) is 2. The fourth-order valence-corrected chi connectivity index (χ4v) is 22.1. The molecule has 0 aromatic rings. The number of likely N-dealkylation sites (tertiary alicyclic amines) is 3. The molecule has 6 amide bonds. The largest absolute Gasteiger partial charge is 0.480 e. The maximum Gasteiger partial charge on any atom is 0.328 e. The molecule has 9 aliphatic rings. The minimum atomic E-state index is -3.91. The first kappa shape index (κ1) is 112. The summed E-state index contributed by atoms with van der Waals surface area (Å²) in [6.45, 7) is 49.2. The van der Waals surface area contributed by atoms with Gasteiger partial charge in [0.15, 0.2) is 11.6 Å². The molecule has 0 aromatic carbocycles. The van der Waals surface area contributed by atoms with Gasteiger partial charge in [0.25, 0.3) is 0 Å². The number of aliphatic carboxylic acids is 1. The topological polar surface area (TPSA) is 439 Å². The van der Waals surface area contributed by atoms with E-state index in [1.165, 1.54) is 26.7 Å². The maximum absolute atomic E-state index is 14.1. The summed E-state index contributed by atoms with van der Waals surface area (Å²) < 4.78 is 69.8. The van der Waals surface area contributed by atoms with Gasteiger partial charge in [-0.25, -0.2) is 26.4 Å². The quantitative estimate of drug-likeness (QED) is 0.0172. The van der Waals surface area contributed by atoms with Gasteiger partial charge in [-0.05, 0) is 230 Å². The molecule has 24 atom stereocenters. The Labute approximate surface area is 780 Å². The van der Waals surface area contributed by atoms with Gasteiger partial charge < -0.3 is 59.3 Å². The number of carboxylic acid groups (broad SMARTS) is 1. The zero-order valence-corrected chi connectivity index (χ0v) is 83.4. The second-order valence-corrected chi connectivity index (χ2v) is 47.3. The van der Waals surface area contributed by atoms with Crippen LogP contribution >= 0.6 is 0 Å². The van der Waals surface area contributed by atoms with Crippen molar-refractivity contribution in [2.75, 3.05) is 33.3 Å². The van der Waals surface area contributed by atoms with Crippen LogP contribution < -0.4 is 9.44 Å². The summed E-state index contributed by atoms with van der Waals surface area (Å²) in [6, 6.07) is -3.51. The number of hydrogen-bond donors (Lipinski definition) is 7. The molecule has 5 aliphatic heterocycles. The van der Waals surface area contributed by atoms with Crippen molar-refractivity contribution in [3.8, 4) is 0 Å². The highest BCUT2D eigenvalue weighted by Crippen LogP contribution is 2.59. The molecule has 0 radical (unpaired) electrons. The molecule has 30 nitrogen and oxygen atoms in total. The van der Waals surface area contributed by atoms with E-state index in [1.54, 1.807) is 61.5 Å². The number of Topliss-reactive ketones (excluding diaryl/α,β-unsaturated/α-hetero) is 2. The van der Waals surface area contributed by atoms with E-state index in [9.17, 15) is 99.9 Å². The summed E-state index contributed by atoms with van der Waals surface area (Å²) in [7, 11) is -6.49. The summed E-state index contributed by atoms with van der Waals surface area (Å²) in [6.07, 6.45) is 20.5. The molecule has 0 aromatic heterocycles. The van der Waals surface area contributed by atoms with Crippen LogP contribution in [0.2, 0.25) is 0 Å². The van der Waals surface area contributed by atoms with Crippen molar-refractivity contribution in [1.29, 1.82) is 0 Å². The van der Waals surface area contributed by atoms with Crippen molar-refractivity contribution < 1.29 is 114 Å². The Hall–Kier alpha value is -7.52. The fraction of sp³-hybridized carbons (Fsp3) is 0.778. The molecule has 4 unspecified atom stereocenters. The smallest absolute Gasteiger partial charge is 0.328 e. The number of fused-ring (bicyclic) bond motifs is 2. The first-order valence-corrected chi connectivity index (χ1v) is 50.7. The molecule has 0 spiro atoms. The lowest BCUT2D eigenvalue weighted by Gasteiger charge is -2.32. The Morgan fingerprint density at radius 3 is 1.46 bits per heavy atom. The van der Waals surface area contributed by atoms with E-state index in [4.69, 9.17) is 14.2 Å². The molecule has 0 bridgehead atoms. The van der Waals surface area contributed by atoms with E-state index in [-0.39, 0.29) is 167 Å². The van der Waals surface area contributed by atoms with Gasteiger partial charge in [-0.1, -0.05) is 106 Å². The number of ether oxygens (including phenoxy) is 3. The Morgan fingerprint density at radius 1 is 0.580 bits per heavy atom. The van der Waals surface area contributed by atoms with Crippen molar-refractivity contribution >= 4 is 90.9 Å². The van der Waals surface area contributed by atoms with Crippen LogP contribution in [-0.2, 0) is 91.8 Å². The number of rotatable bonds is 37. The molecule has 742 valence electrons. The average Bonchev–Trinajstić information content (AvgIpc) is 1.57. The van der Waals surface area contributed by atoms with E-state index < -0.39 is 159 Å². The zero-order valence-electron chi connectivity index (χ0n) is 81.8.